The number of pyridine rings is 1. The number of aromatic amines is 1. The Morgan fingerprint density at radius 1 is 1.10 bits per heavy atom. The van der Waals surface area contributed by atoms with Crippen LogP contribution in [0.5, 0.6) is 5.75 Å². The van der Waals surface area contributed by atoms with Gasteiger partial charge in [0.25, 0.3) is 11.7 Å². The molecule has 3 aromatic heterocycles. The van der Waals surface area contributed by atoms with E-state index in [4.69, 9.17) is 9.15 Å². The summed E-state index contributed by atoms with van der Waals surface area (Å²) in [5.74, 6) is 0.688. The van der Waals surface area contributed by atoms with Crippen LogP contribution in [-0.4, -0.2) is 57.0 Å². The summed E-state index contributed by atoms with van der Waals surface area (Å²) in [7, 11) is 1.50. The molecule has 1 fully saturated rings. The molecule has 0 aliphatic carbocycles. The summed E-state index contributed by atoms with van der Waals surface area (Å²) in [6.07, 6.45) is 7.68. The number of ether oxygens (including phenoxy) is 1. The number of carbonyl (C=O) groups excluding carboxylic acids is 2. The number of anilines is 1. The molecule has 0 bridgehead atoms. The zero-order chi connectivity index (χ0) is 26.9. The Morgan fingerprint density at radius 2 is 1.90 bits per heavy atom. The second-order valence-corrected chi connectivity index (χ2v) is 9.14. The first kappa shape index (κ1) is 24.4. The normalized spacial score (nSPS) is 15.1. The van der Waals surface area contributed by atoms with Gasteiger partial charge in [-0.05, 0) is 18.4 Å². The summed E-state index contributed by atoms with van der Waals surface area (Å²) >= 11 is 0. The van der Waals surface area contributed by atoms with E-state index in [1.54, 1.807) is 29.2 Å². The minimum Gasteiger partial charge on any atom is -0.494 e. The molecule has 5 heterocycles. The Morgan fingerprint density at radius 3 is 2.56 bits per heavy atom. The third-order valence-electron chi connectivity index (χ3n) is 6.84. The fourth-order valence-corrected chi connectivity index (χ4v) is 4.97. The van der Waals surface area contributed by atoms with Crippen molar-refractivity contribution in [3.8, 4) is 5.75 Å². The molecule has 2 aliphatic rings. The summed E-state index contributed by atoms with van der Waals surface area (Å²) in [5, 5.41) is 10.4. The van der Waals surface area contributed by atoms with Gasteiger partial charge in [0, 0.05) is 44.2 Å². The number of Topliss-reactive ketones (excluding diaryl/α,β-unsaturated/α-hetero) is 1. The van der Waals surface area contributed by atoms with E-state index in [0.29, 0.717) is 60.2 Å². The highest BCUT2D eigenvalue weighted by atomic mass is 16.5. The van der Waals surface area contributed by atoms with Gasteiger partial charge in [-0.2, -0.15) is 0 Å². The lowest BCUT2D eigenvalue weighted by Gasteiger charge is -2.29. The molecule has 1 saturated heterocycles. The number of nitrogens with one attached hydrogen (secondary N) is 3. The molecule has 0 atom stereocenters. The van der Waals surface area contributed by atoms with Gasteiger partial charge in [0.05, 0.1) is 29.8 Å². The van der Waals surface area contributed by atoms with E-state index in [1.807, 2.05) is 30.3 Å². The molecule has 4 aromatic rings. The number of hydrazine groups is 2. The molecule has 1 amide bonds. The van der Waals surface area contributed by atoms with Gasteiger partial charge in [-0.1, -0.05) is 35.9 Å². The molecule has 6 rings (SSSR count). The Kier molecular flexibility index (Phi) is 6.29. The van der Waals surface area contributed by atoms with Gasteiger partial charge in [-0.3, -0.25) is 9.59 Å². The Hall–Kier alpha value is -4.97. The predicted molar refractivity (Wildman–Crippen MR) is 142 cm³/mol. The lowest BCUT2D eigenvalue weighted by atomic mass is 9.92. The van der Waals surface area contributed by atoms with Crippen molar-refractivity contribution in [1.29, 1.82) is 0 Å². The fourth-order valence-electron chi connectivity index (χ4n) is 4.97. The third kappa shape index (κ3) is 4.40. The second-order valence-electron chi connectivity index (χ2n) is 9.14. The van der Waals surface area contributed by atoms with Gasteiger partial charge in [0.1, 0.15) is 5.75 Å². The largest absolute Gasteiger partial charge is 0.494 e. The monoisotopic (exact) mass is 526 g/mol. The number of H-pyrrole nitrogens is 1. The maximum Gasteiger partial charge on any atom is 0.295 e. The highest BCUT2D eigenvalue weighted by Gasteiger charge is 2.31. The highest BCUT2D eigenvalue weighted by molar-refractivity contribution is 6.45. The average Bonchev–Trinajstić information content (AvgIpc) is 3.75. The van der Waals surface area contributed by atoms with Crippen molar-refractivity contribution in [2.45, 2.75) is 19.8 Å². The van der Waals surface area contributed by atoms with Gasteiger partial charge < -0.3 is 24.5 Å². The van der Waals surface area contributed by atoms with Gasteiger partial charge in [0.2, 0.25) is 11.8 Å². The van der Waals surface area contributed by atoms with Crippen LogP contribution in [-0.2, 0) is 4.79 Å². The molecule has 2 aliphatic heterocycles. The van der Waals surface area contributed by atoms with Crippen molar-refractivity contribution in [2.24, 2.45) is 0 Å². The molecule has 12 nitrogen and oxygen atoms in total. The molecule has 0 saturated carbocycles. The Balaban J connectivity index is 1.27. The number of benzene rings is 1. The zero-order valence-electron chi connectivity index (χ0n) is 21.4. The third-order valence-corrected chi connectivity index (χ3v) is 6.84. The van der Waals surface area contributed by atoms with Gasteiger partial charge in [-0.25, -0.2) is 9.99 Å². The number of hydrogen-bond acceptors (Lipinski definition) is 10. The van der Waals surface area contributed by atoms with Gasteiger partial charge >= 0.3 is 0 Å². The molecular formula is C27H26N8O4. The van der Waals surface area contributed by atoms with Crippen LogP contribution in [0.1, 0.15) is 40.5 Å². The van der Waals surface area contributed by atoms with E-state index in [9.17, 15) is 9.59 Å². The number of ketones is 1. The highest BCUT2D eigenvalue weighted by Crippen LogP contribution is 2.35. The second kappa shape index (κ2) is 10.1. The zero-order valence-corrected chi connectivity index (χ0v) is 21.4. The van der Waals surface area contributed by atoms with Crippen molar-refractivity contribution in [1.82, 2.24) is 36.0 Å². The SMILES string of the molecule is COc1cnc(N2C=CNN2)c2[nH]cc(C(=O)C(=O)N3CCC(=C(c4ccccc4)c4nnc(C)o4)CC3)c12. The van der Waals surface area contributed by atoms with E-state index in [0.717, 1.165) is 16.7 Å². The van der Waals surface area contributed by atoms with E-state index in [1.165, 1.54) is 19.5 Å². The van der Waals surface area contributed by atoms with Crippen molar-refractivity contribution in [3.05, 3.63) is 83.6 Å². The molecule has 0 unspecified atom stereocenters. The van der Waals surface area contributed by atoms with Crippen molar-refractivity contribution in [3.63, 3.8) is 0 Å². The standard InChI is InChI=1S/C27H26N8O4/c1-16-31-32-26(39-16)21(17-6-4-3-5-7-17)18-8-11-34(12-9-18)27(37)24(36)19-14-28-23-22(19)20(38-2)15-29-25(23)35-13-10-30-33-35/h3-7,10,13-15,28,30,33H,8-9,11-12H2,1-2H3. The number of aryl methyl sites for hydroxylation is 1. The number of fused-ring (bicyclic) bond motifs is 1. The molecule has 0 radical (unpaired) electrons. The van der Waals surface area contributed by atoms with E-state index in [2.05, 4.69) is 31.1 Å². The van der Waals surface area contributed by atoms with Crippen LogP contribution >= 0.6 is 0 Å². The number of rotatable bonds is 6. The number of piperidine rings is 1. The first-order valence-electron chi connectivity index (χ1n) is 12.5. The summed E-state index contributed by atoms with van der Waals surface area (Å²) < 4.78 is 11.3. The number of amides is 1. The summed E-state index contributed by atoms with van der Waals surface area (Å²) in [5.41, 5.74) is 9.54. The summed E-state index contributed by atoms with van der Waals surface area (Å²) in [6.45, 7) is 2.54. The lowest BCUT2D eigenvalue weighted by molar-refractivity contribution is -0.126. The van der Waals surface area contributed by atoms with Crippen LogP contribution in [0, 0.1) is 6.92 Å². The molecule has 39 heavy (non-hydrogen) atoms. The predicted octanol–water partition coefficient (Wildman–Crippen LogP) is 2.87. The smallest absolute Gasteiger partial charge is 0.295 e. The number of hydrogen-bond donors (Lipinski definition) is 3. The summed E-state index contributed by atoms with van der Waals surface area (Å²) in [4.78, 5) is 36.0. The van der Waals surface area contributed by atoms with Gasteiger partial charge in [0.15, 0.2) is 5.82 Å². The maximum atomic E-state index is 13.5. The van der Waals surface area contributed by atoms with E-state index >= 15 is 0 Å². The summed E-state index contributed by atoms with van der Waals surface area (Å²) in [6, 6.07) is 9.87. The van der Waals surface area contributed by atoms with Crippen molar-refractivity contribution in [2.75, 3.05) is 25.2 Å². The molecule has 1 aromatic carbocycles. The molecule has 12 heteroatoms. The van der Waals surface area contributed by atoms with Crippen LogP contribution in [0.2, 0.25) is 0 Å². The fraction of sp³-hybridized carbons (Fsp3) is 0.222. The van der Waals surface area contributed by atoms with E-state index < -0.39 is 11.7 Å². The maximum absolute atomic E-state index is 13.5. The Labute approximate surface area is 223 Å². The van der Waals surface area contributed by atoms with Gasteiger partial charge in [-0.15, -0.1) is 15.7 Å². The van der Waals surface area contributed by atoms with Crippen molar-refractivity contribution >= 4 is 34.0 Å². The van der Waals surface area contributed by atoms with Crippen molar-refractivity contribution < 1.29 is 18.7 Å². The quantitative estimate of drug-likeness (QED) is 0.254. The molecular weight excluding hydrogens is 500 g/mol. The number of likely N-dealkylation sites (tertiary alicyclic amines) is 1. The van der Waals surface area contributed by atoms with Crippen LogP contribution in [0.3, 0.4) is 0 Å². The van der Waals surface area contributed by atoms with Crippen LogP contribution in [0.4, 0.5) is 5.82 Å². The first-order valence-corrected chi connectivity index (χ1v) is 12.5. The van der Waals surface area contributed by atoms with Crippen LogP contribution in [0.15, 0.2) is 65.1 Å². The van der Waals surface area contributed by atoms with E-state index in [-0.39, 0.29) is 5.56 Å². The lowest BCUT2D eigenvalue weighted by Crippen LogP contribution is -2.40. The number of carbonyl (C=O) groups is 2. The number of nitrogens with zero attached hydrogens (tertiary/aromatic N) is 5. The Bertz CT molecular complexity index is 1610. The average molecular weight is 527 g/mol. The number of aromatic nitrogens is 4. The van der Waals surface area contributed by atoms with Crippen LogP contribution < -0.4 is 20.7 Å². The topological polar surface area (TPSA) is 142 Å². The van der Waals surface area contributed by atoms with Crippen LogP contribution in [0.25, 0.3) is 16.5 Å². The minimum absolute atomic E-state index is 0.235. The molecule has 0 spiro atoms. The molecule has 198 valence electrons. The first-order chi connectivity index (χ1) is 19.0. The molecule has 3 N–H and O–H groups in total. The number of methoxy groups -OCH3 is 1. The minimum atomic E-state index is -0.608.